The van der Waals surface area contributed by atoms with E-state index >= 15 is 0 Å². The second-order valence-corrected chi connectivity index (χ2v) is 4.82. The van der Waals surface area contributed by atoms with Gasteiger partial charge in [0.1, 0.15) is 0 Å². The van der Waals surface area contributed by atoms with Crippen LogP contribution in [-0.2, 0) is 0 Å². The maximum atomic E-state index is 4.08. The van der Waals surface area contributed by atoms with Crippen LogP contribution in [0.25, 0.3) is 5.57 Å². The van der Waals surface area contributed by atoms with Crippen LogP contribution < -0.4 is 0 Å². The summed E-state index contributed by atoms with van der Waals surface area (Å²) in [6, 6.07) is 2.09. The summed E-state index contributed by atoms with van der Waals surface area (Å²) in [5.74, 6) is 0.847. The second-order valence-electron chi connectivity index (χ2n) is 3.96. The van der Waals surface area contributed by atoms with Gasteiger partial charge in [-0.15, -0.1) is 0 Å². The molecule has 0 radical (unpaired) electrons. The van der Waals surface area contributed by atoms with Crippen molar-refractivity contribution in [1.29, 1.82) is 0 Å². The monoisotopic (exact) mass is 251 g/mol. The number of hydrogen-bond acceptors (Lipinski definition) is 1. The van der Waals surface area contributed by atoms with Crippen molar-refractivity contribution in [2.24, 2.45) is 5.92 Å². The van der Waals surface area contributed by atoms with Gasteiger partial charge >= 0.3 is 0 Å². The number of pyridine rings is 1. The lowest BCUT2D eigenvalue weighted by Gasteiger charge is -2.18. The lowest BCUT2D eigenvalue weighted by atomic mass is 9.88. The first-order valence-corrected chi connectivity index (χ1v) is 5.85. The number of aromatic nitrogens is 1. The predicted molar refractivity (Wildman–Crippen MR) is 62.9 cm³/mol. The third-order valence-corrected chi connectivity index (χ3v) is 3.42. The summed E-state index contributed by atoms with van der Waals surface area (Å²) in [5.41, 5.74) is 2.78. The van der Waals surface area contributed by atoms with Crippen LogP contribution in [0.2, 0.25) is 0 Å². The number of hydrogen-bond donors (Lipinski definition) is 0. The molecule has 1 unspecified atom stereocenters. The van der Waals surface area contributed by atoms with Crippen LogP contribution in [0.15, 0.2) is 29.0 Å². The van der Waals surface area contributed by atoms with Gasteiger partial charge in [0.15, 0.2) is 0 Å². The highest BCUT2D eigenvalue weighted by molar-refractivity contribution is 9.10. The normalized spacial score (nSPS) is 21.9. The third kappa shape index (κ3) is 2.06. The fourth-order valence-corrected chi connectivity index (χ4v) is 2.35. The van der Waals surface area contributed by atoms with Gasteiger partial charge in [-0.3, -0.25) is 4.98 Å². The van der Waals surface area contributed by atoms with Crippen molar-refractivity contribution in [3.05, 3.63) is 34.6 Å². The Morgan fingerprint density at radius 2 is 2.36 bits per heavy atom. The van der Waals surface area contributed by atoms with Gasteiger partial charge in [-0.1, -0.05) is 13.0 Å². The van der Waals surface area contributed by atoms with Crippen LogP contribution in [0.1, 0.15) is 31.7 Å². The van der Waals surface area contributed by atoms with Crippen molar-refractivity contribution in [3.8, 4) is 0 Å². The Bertz CT molecular complexity index is 357. The molecule has 0 saturated carbocycles. The van der Waals surface area contributed by atoms with E-state index in [0.717, 1.165) is 10.4 Å². The molecular formula is C12H14BrN. The first-order chi connectivity index (χ1) is 6.77. The van der Waals surface area contributed by atoms with Crippen molar-refractivity contribution in [2.45, 2.75) is 26.2 Å². The minimum atomic E-state index is 0.847. The summed E-state index contributed by atoms with van der Waals surface area (Å²) in [7, 11) is 0. The zero-order valence-corrected chi connectivity index (χ0v) is 9.92. The molecule has 0 fully saturated rings. The summed E-state index contributed by atoms with van der Waals surface area (Å²) >= 11 is 3.54. The molecule has 1 aliphatic carbocycles. The topological polar surface area (TPSA) is 12.9 Å². The highest BCUT2D eigenvalue weighted by Gasteiger charge is 2.12. The Morgan fingerprint density at radius 1 is 1.50 bits per heavy atom. The summed E-state index contributed by atoms with van der Waals surface area (Å²) in [5, 5.41) is 0. The van der Waals surface area contributed by atoms with E-state index in [1.54, 1.807) is 0 Å². The average Bonchev–Trinajstić information content (AvgIpc) is 2.20. The smallest absolute Gasteiger partial charge is 0.0433 e. The number of nitrogens with zero attached hydrogens (tertiary/aromatic N) is 1. The molecule has 1 aliphatic rings. The SMILES string of the molecule is CC1CC=C(c2ccncc2Br)CC1. The Balaban J connectivity index is 2.28. The summed E-state index contributed by atoms with van der Waals surface area (Å²) < 4.78 is 1.11. The molecule has 1 aromatic heterocycles. The van der Waals surface area contributed by atoms with Crippen LogP contribution in [0.4, 0.5) is 0 Å². The molecule has 0 N–H and O–H groups in total. The molecule has 14 heavy (non-hydrogen) atoms. The molecule has 0 spiro atoms. The van der Waals surface area contributed by atoms with Crippen LogP contribution in [0.5, 0.6) is 0 Å². The zero-order valence-electron chi connectivity index (χ0n) is 8.33. The molecular weight excluding hydrogens is 238 g/mol. The Labute approximate surface area is 93.4 Å². The standard InChI is InChI=1S/C12H14BrN/c1-9-2-4-10(5-3-9)11-6-7-14-8-12(11)13/h4,6-9H,2-3,5H2,1H3. The average molecular weight is 252 g/mol. The van der Waals surface area contributed by atoms with Gasteiger partial charge in [0.2, 0.25) is 0 Å². The number of allylic oxidation sites excluding steroid dienone is 2. The number of rotatable bonds is 1. The van der Waals surface area contributed by atoms with E-state index in [9.17, 15) is 0 Å². The van der Waals surface area contributed by atoms with E-state index in [2.05, 4.69) is 40.0 Å². The Kier molecular flexibility index (Phi) is 3.02. The Morgan fingerprint density at radius 3 is 3.00 bits per heavy atom. The quantitative estimate of drug-likeness (QED) is 0.734. The van der Waals surface area contributed by atoms with Gasteiger partial charge in [-0.25, -0.2) is 0 Å². The molecule has 0 aromatic carbocycles. The largest absolute Gasteiger partial charge is 0.264 e. The molecule has 1 aromatic rings. The molecule has 2 heteroatoms. The van der Waals surface area contributed by atoms with Gasteiger partial charge in [0, 0.05) is 16.9 Å². The molecule has 0 amide bonds. The Hall–Kier alpha value is -0.630. The van der Waals surface area contributed by atoms with Crippen molar-refractivity contribution in [1.82, 2.24) is 4.98 Å². The minimum Gasteiger partial charge on any atom is -0.264 e. The molecule has 74 valence electrons. The highest BCUT2D eigenvalue weighted by atomic mass is 79.9. The van der Waals surface area contributed by atoms with E-state index in [1.165, 1.54) is 30.4 Å². The predicted octanol–water partition coefficient (Wildman–Crippen LogP) is 4.05. The van der Waals surface area contributed by atoms with Gasteiger partial charge in [0.05, 0.1) is 0 Å². The van der Waals surface area contributed by atoms with Crippen molar-refractivity contribution in [3.63, 3.8) is 0 Å². The lowest BCUT2D eigenvalue weighted by Crippen LogP contribution is -2.01. The first kappa shape index (κ1) is 9.91. The molecule has 2 rings (SSSR count). The lowest BCUT2D eigenvalue weighted by molar-refractivity contribution is 0.534. The van der Waals surface area contributed by atoms with Crippen LogP contribution in [-0.4, -0.2) is 4.98 Å². The van der Waals surface area contributed by atoms with Gasteiger partial charge < -0.3 is 0 Å². The molecule has 1 heterocycles. The molecule has 1 nitrogen and oxygen atoms in total. The van der Waals surface area contributed by atoms with E-state index < -0.39 is 0 Å². The zero-order chi connectivity index (χ0) is 9.97. The fraction of sp³-hybridized carbons (Fsp3) is 0.417. The maximum absolute atomic E-state index is 4.08. The third-order valence-electron chi connectivity index (χ3n) is 2.79. The first-order valence-electron chi connectivity index (χ1n) is 5.06. The fourth-order valence-electron chi connectivity index (χ4n) is 1.85. The van der Waals surface area contributed by atoms with Crippen molar-refractivity contribution < 1.29 is 0 Å². The van der Waals surface area contributed by atoms with Gasteiger partial charge in [0.25, 0.3) is 0 Å². The summed E-state index contributed by atoms with van der Waals surface area (Å²) in [6.45, 7) is 2.31. The van der Waals surface area contributed by atoms with Crippen LogP contribution in [0, 0.1) is 5.92 Å². The molecule has 0 saturated heterocycles. The van der Waals surface area contributed by atoms with E-state index in [-0.39, 0.29) is 0 Å². The molecule has 0 aliphatic heterocycles. The van der Waals surface area contributed by atoms with Crippen molar-refractivity contribution in [2.75, 3.05) is 0 Å². The maximum Gasteiger partial charge on any atom is 0.0433 e. The van der Waals surface area contributed by atoms with Crippen molar-refractivity contribution >= 4 is 21.5 Å². The molecule has 1 atom stereocenters. The highest BCUT2D eigenvalue weighted by Crippen LogP contribution is 2.32. The van der Waals surface area contributed by atoms with Gasteiger partial charge in [-0.05, 0) is 58.3 Å². The van der Waals surface area contributed by atoms with Crippen LogP contribution in [0.3, 0.4) is 0 Å². The van der Waals surface area contributed by atoms with Crippen LogP contribution >= 0.6 is 15.9 Å². The van der Waals surface area contributed by atoms with E-state index in [1.807, 2.05) is 12.4 Å². The minimum absolute atomic E-state index is 0.847. The summed E-state index contributed by atoms with van der Waals surface area (Å²) in [4.78, 5) is 4.08. The second kappa shape index (κ2) is 4.26. The van der Waals surface area contributed by atoms with Gasteiger partial charge in [-0.2, -0.15) is 0 Å². The summed E-state index contributed by atoms with van der Waals surface area (Å²) in [6.07, 6.45) is 9.82. The number of halogens is 1. The molecule has 0 bridgehead atoms. The van der Waals surface area contributed by atoms with E-state index in [0.29, 0.717) is 0 Å². The van der Waals surface area contributed by atoms with E-state index in [4.69, 9.17) is 0 Å².